The lowest BCUT2D eigenvalue weighted by atomic mass is 10.1. The van der Waals surface area contributed by atoms with Gasteiger partial charge in [0.15, 0.2) is 5.78 Å². The lowest BCUT2D eigenvalue weighted by Gasteiger charge is -2.12. The zero-order valence-electron chi connectivity index (χ0n) is 11.2. The second-order valence-corrected chi connectivity index (χ2v) is 4.78. The van der Waals surface area contributed by atoms with E-state index in [1.54, 1.807) is 24.3 Å². The second kappa shape index (κ2) is 6.40. The van der Waals surface area contributed by atoms with Crippen molar-refractivity contribution in [2.24, 2.45) is 0 Å². The van der Waals surface area contributed by atoms with E-state index in [0.717, 1.165) is 11.1 Å². The Kier molecular flexibility index (Phi) is 4.59. The molecule has 0 amide bonds. The Morgan fingerprint density at radius 2 is 2.00 bits per heavy atom. The molecule has 3 heteroatoms. The van der Waals surface area contributed by atoms with E-state index in [9.17, 15) is 4.79 Å². The molecule has 2 rings (SSSR count). The van der Waals surface area contributed by atoms with Crippen molar-refractivity contribution in [1.82, 2.24) is 0 Å². The molecule has 0 spiro atoms. The highest BCUT2D eigenvalue weighted by atomic mass is 35.5. The van der Waals surface area contributed by atoms with Crippen LogP contribution < -0.4 is 0 Å². The summed E-state index contributed by atoms with van der Waals surface area (Å²) in [5.41, 5.74) is 1.67. The molecule has 20 heavy (non-hydrogen) atoms. The minimum atomic E-state index is 0.00973. The lowest BCUT2D eigenvalue weighted by molar-refractivity contribution is -0.113. The van der Waals surface area contributed by atoms with E-state index >= 15 is 0 Å². The van der Waals surface area contributed by atoms with Gasteiger partial charge >= 0.3 is 0 Å². The van der Waals surface area contributed by atoms with Gasteiger partial charge in [0, 0.05) is 23.1 Å². The standard InChI is InChI=1S/C17H15ClO2/c1-3-5-16-12(4-2)10-15(19)11-17(20-16)13-6-8-14(18)9-7-13/h3-9,11H,1,10H2,2H3/b12-4-,16-5+. The quantitative estimate of drug-likeness (QED) is 0.788. The Hall–Kier alpha value is -2.06. The predicted molar refractivity (Wildman–Crippen MR) is 82.2 cm³/mol. The van der Waals surface area contributed by atoms with Gasteiger partial charge in [-0.1, -0.05) is 30.3 Å². The molecule has 1 heterocycles. The van der Waals surface area contributed by atoms with Crippen molar-refractivity contribution in [3.05, 3.63) is 77.1 Å². The molecule has 102 valence electrons. The van der Waals surface area contributed by atoms with Crippen LogP contribution in [-0.2, 0) is 9.53 Å². The molecule has 0 unspecified atom stereocenters. The Morgan fingerprint density at radius 3 is 2.60 bits per heavy atom. The first-order valence-electron chi connectivity index (χ1n) is 6.30. The van der Waals surface area contributed by atoms with Crippen LogP contribution in [0.2, 0.25) is 5.02 Å². The zero-order chi connectivity index (χ0) is 14.5. The molecule has 0 atom stereocenters. The Labute approximate surface area is 123 Å². The van der Waals surface area contributed by atoms with E-state index in [2.05, 4.69) is 6.58 Å². The number of hydrogen-bond acceptors (Lipinski definition) is 2. The summed E-state index contributed by atoms with van der Waals surface area (Å²) in [6, 6.07) is 7.19. The number of carbonyl (C=O) groups excluding carboxylic acids is 1. The van der Waals surface area contributed by atoms with Gasteiger partial charge in [0.2, 0.25) is 0 Å². The predicted octanol–water partition coefficient (Wildman–Crippen LogP) is 4.69. The average Bonchev–Trinajstić information content (AvgIpc) is 2.59. The third kappa shape index (κ3) is 3.28. The van der Waals surface area contributed by atoms with E-state index in [0.29, 0.717) is 23.0 Å². The highest BCUT2D eigenvalue weighted by Crippen LogP contribution is 2.29. The molecular weight excluding hydrogens is 272 g/mol. The number of rotatable bonds is 2. The van der Waals surface area contributed by atoms with Crippen LogP contribution in [0.3, 0.4) is 0 Å². The van der Waals surface area contributed by atoms with E-state index in [-0.39, 0.29) is 5.78 Å². The van der Waals surface area contributed by atoms with Crippen LogP contribution in [0.5, 0.6) is 0 Å². The molecule has 0 aliphatic carbocycles. The van der Waals surface area contributed by atoms with Crippen LogP contribution in [0.15, 0.2) is 66.5 Å². The monoisotopic (exact) mass is 286 g/mol. The van der Waals surface area contributed by atoms with Gasteiger partial charge in [0.05, 0.1) is 0 Å². The molecule has 1 aromatic carbocycles. The lowest BCUT2D eigenvalue weighted by Crippen LogP contribution is -1.95. The summed E-state index contributed by atoms with van der Waals surface area (Å²) >= 11 is 5.87. The van der Waals surface area contributed by atoms with Crippen LogP contribution in [0, 0.1) is 0 Å². The maximum Gasteiger partial charge on any atom is 0.163 e. The molecule has 0 N–H and O–H groups in total. The maximum atomic E-state index is 12.0. The van der Waals surface area contributed by atoms with Crippen LogP contribution in [0.4, 0.5) is 0 Å². The normalized spacial score (nSPS) is 19.5. The highest BCUT2D eigenvalue weighted by Gasteiger charge is 2.18. The number of hydrogen-bond donors (Lipinski definition) is 0. The molecule has 0 saturated carbocycles. The number of ether oxygens (including phenoxy) is 1. The SMILES string of the molecule is C=C/C=C1/OC(c2ccc(Cl)cc2)=CC(=O)C/C1=C/C. The van der Waals surface area contributed by atoms with Gasteiger partial charge in [-0.25, -0.2) is 0 Å². The fourth-order valence-corrected chi connectivity index (χ4v) is 2.06. The first kappa shape index (κ1) is 14.4. The summed E-state index contributed by atoms with van der Waals surface area (Å²) in [5.74, 6) is 1.18. The molecule has 0 aromatic heterocycles. The van der Waals surface area contributed by atoms with Crippen LogP contribution >= 0.6 is 11.6 Å². The van der Waals surface area contributed by atoms with E-state index in [4.69, 9.17) is 16.3 Å². The molecule has 2 nitrogen and oxygen atoms in total. The van der Waals surface area contributed by atoms with Gasteiger partial charge in [-0.05, 0) is 42.8 Å². The fourth-order valence-electron chi connectivity index (χ4n) is 1.93. The minimum Gasteiger partial charge on any atom is -0.456 e. The van der Waals surface area contributed by atoms with Crippen molar-refractivity contribution in [1.29, 1.82) is 0 Å². The van der Waals surface area contributed by atoms with Gasteiger partial charge < -0.3 is 4.74 Å². The Bertz CT molecular complexity index is 619. The zero-order valence-corrected chi connectivity index (χ0v) is 12.0. The molecule has 1 aliphatic heterocycles. The van der Waals surface area contributed by atoms with Crippen molar-refractivity contribution in [2.45, 2.75) is 13.3 Å². The van der Waals surface area contributed by atoms with Gasteiger partial charge in [-0.2, -0.15) is 0 Å². The van der Waals surface area contributed by atoms with Gasteiger partial charge in [0.1, 0.15) is 11.5 Å². The third-order valence-electron chi connectivity index (χ3n) is 2.94. The molecular formula is C17H15ClO2. The third-order valence-corrected chi connectivity index (χ3v) is 3.19. The van der Waals surface area contributed by atoms with Crippen molar-refractivity contribution >= 4 is 23.1 Å². The summed E-state index contributed by atoms with van der Waals surface area (Å²) in [6.07, 6.45) is 7.14. The second-order valence-electron chi connectivity index (χ2n) is 4.34. The number of carbonyl (C=O) groups is 1. The van der Waals surface area contributed by atoms with E-state index in [1.165, 1.54) is 6.08 Å². The molecule has 0 fully saturated rings. The maximum absolute atomic E-state index is 12.0. The minimum absolute atomic E-state index is 0.00973. The number of benzene rings is 1. The molecule has 0 bridgehead atoms. The summed E-state index contributed by atoms with van der Waals surface area (Å²) in [4.78, 5) is 12.0. The van der Waals surface area contributed by atoms with Crippen LogP contribution in [-0.4, -0.2) is 5.78 Å². The van der Waals surface area contributed by atoms with Crippen LogP contribution in [0.25, 0.3) is 5.76 Å². The molecule has 0 radical (unpaired) electrons. The smallest absolute Gasteiger partial charge is 0.163 e. The van der Waals surface area contributed by atoms with Gasteiger partial charge in [0.25, 0.3) is 0 Å². The van der Waals surface area contributed by atoms with Gasteiger partial charge in [-0.15, -0.1) is 0 Å². The van der Waals surface area contributed by atoms with Crippen molar-refractivity contribution < 1.29 is 9.53 Å². The molecule has 0 saturated heterocycles. The topological polar surface area (TPSA) is 26.3 Å². The summed E-state index contributed by atoms with van der Waals surface area (Å²) in [5, 5.41) is 0.644. The van der Waals surface area contributed by atoms with E-state index in [1.807, 2.05) is 25.1 Å². The van der Waals surface area contributed by atoms with Crippen molar-refractivity contribution in [2.75, 3.05) is 0 Å². The first-order valence-corrected chi connectivity index (χ1v) is 6.68. The van der Waals surface area contributed by atoms with E-state index < -0.39 is 0 Å². The summed E-state index contributed by atoms with van der Waals surface area (Å²) in [7, 11) is 0. The van der Waals surface area contributed by atoms with Crippen molar-refractivity contribution in [3.63, 3.8) is 0 Å². The Balaban J connectivity index is 2.43. The first-order chi connectivity index (χ1) is 9.63. The number of halogens is 1. The number of ketones is 1. The Morgan fingerprint density at radius 1 is 1.30 bits per heavy atom. The molecule has 1 aromatic rings. The molecule has 1 aliphatic rings. The van der Waals surface area contributed by atoms with Crippen LogP contribution in [0.1, 0.15) is 18.9 Å². The fraction of sp³-hybridized carbons (Fsp3) is 0.118. The summed E-state index contributed by atoms with van der Waals surface area (Å²) in [6.45, 7) is 5.56. The summed E-state index contributed by atoms with van der Waals surface area (Å²) < 4.78 is 5.87. The number of allylic oxidation sites excluding steroid dienone is 5. The largest absolute Gasteiger partial charge is 0.456 e. The average molecular weight is 287 g/mol. The highest BCUT2D eigenvalue weighted by molar-refractivity contribution is 6.30. The van der Waals surface area contributed by atoms with Crippen molar-refractivity contribution in [3.8, 4) is 0 Å². The van der Waals surface area contributed by atoms with Gasteiger partial charge in [-0.3, -0.25) is 4.79 Å².